The zero-order valence-corrected chi connectivity index (χ0v) is 20.6. The smallest absolute Gasteiger partial charge is 0.417 e. The highest BCUT2D eigenvalue weighted by molar-refractivity contribution is 9.10. The summed E-state index contributed by atoms with van der Waals surface area (Å²) < 4.78 is 37.2. The van der Waals surface area contributed by atoms with Crippen molar-refractivity contribution >= 4 is 45.4 Å². The quantitative estimate of drug-likeness (QED) is 0.373. The van der Waals surface area contributed by atoms with Crippen LogP contribution in [0.1, 0.15) is 16.1 Å². The van der Waals surface area contributed by atoms with Gasteiger partial charge in [0.05, 0.1) is 12.2 Å². The fourth-order valence-electron chi connectivity index (χ4n) is 2.79. The molecule has 15 heteroatoms. The summed E-state index contributed by atoms with van der Waals surface area (Å²) in [5, 5.41) is 12.8. The molecule has 3 rings (SSSR count). The second-order valence-corrected chi connectivity index (χ2v) is 7.82. The second kappa shape index (κ2) is 12.1. The maximum atomic E-state index is 13.8. The summed E-state index contributed by atoms with van der Waals surface area (Å²) in [7, 11) is 3.01. The van der Waals surface area contributed by atoms with Crippen molar-refractivity contribution in [2.24, 2.45) is 0 Å². The van der Waals surface area contributed by atoms with E-state index in [-0.39, 0.29) is 35.0 Å². The van der Waals surface area contributed by atoms with Crippen LogP contribution in [-0.2, 0) is 27.6 Å². The Labute approximate surface area is 211 Å². The van der Waals surface area contributed by atoms with Gasteiger partial charge in [-0.15, -0.1) is 15.0 Å². The van der Waals surface area contributed by atoms with E-state index in [9.17, 15) is 23.2 Å². The van der Waals surface area contributed by atoms with E-state index in [1.165, 1.54) is 13.2 Å². The number of benzene rings is 1. The molecule has 2 amide bonds. The van der Waals surface area contributed by atoms with Gasteiger partial charge in [-0.1, -0.05) is 6.07 Å². The highest BCUT2D eigenvalue weighted by Gasteiger charge is 2.21. The molecule has 0 atom stereocenters. The molecule has 0 radical (unpaired) electrons. The van der Waals surface area contributed by atoms with Crippen molar-refractivity contribution in [3.8, 4) is 0 Å². The van der Waals surface area contributed by atoms with Crippen molar-refractivity contribution in [2.75, 3.05) is 30.9 Å². The van der Waals surface area contributed by atoms with Gasteiger partial charge >= 0.3 is 12.1 Å². The van der Waals surface area contributed by atoms with Crippen LogP contribution in [0.5, 0.6) is 0 Å². The third kappa shape index (κ3) is 6.79. The first-order valence-corrected chi connectivity index (χ1v) is 11.0. The standard InChI is InChI=1S/C21H20BrF2N7O5/c1-25-9-16(32)35-10-12-4-3-7-26-19(12)30(2)21(34)36-11-31-28-17(18(22)29-31)20(33)27-15-6-5-13(23)8-14(15)24/h3-8,25H,9-11H2,1-2H3,(H,27,33). The van der Waals surface area contributed by atoms with Crippen molar-refractivity contribution in [1.82, 2.24) is 25.3 Å². The Balaban J connectivity index is 1.62. The number of pyridine rings is 1. The normalized spacial score (nSPS) is 10.6. The van der Waals surface area contributed by atoms with Gasteiger partial charge in [0.15, 0.2) is 10.3 Å². The van der Waals surface area contributed by atoms with E-state index in [1.54, 1.807) is 19.2 Å². The van der Waals surface area contributed by atoms with Gasteiger partial charge in [-0.2, -0.15) is 0 Å². The lowest BCUT2D eigenvalue weighted by atomic mass is 10.2. The van der Waals surface area contributed by atoms with Gasteiger partial charge in [0, 0.05) is 24.9 Å². The largest absolute Gasteiger partial charge is 0.460 e. The van der Waals surface area contributed by atoms with E-state index < -0.39 is 36.3 Å². The number of nitrogens with zero attached hydrogens (tertiary/aromatic N) is 5. The molecule has 0 aliphatic carbocycles. The number of likely N-dealkylation sites (N-methyl/N-ethyl adjacent to an activating group) is 1. The topological polar surface area (TPSA) is 141 Å². The molecule has 190 valence electrons. The van der Waals surface area contributed by atoms with Crippen molar-refractivity contribution in [1.29, 1.82) is 0 Å². The Hall–Kier alpha value is -3.98. The predicted octanol–water partition coefficient (Wildman–Crippen LogP) is 2.46. The number of halogens is 3. The summed E-state index contributed by atoms with van der Waals surface area (Å²) >= 11 is 3.07. The van der Waals surface area contributed by atoms with Gasteiger partial charge in [-0.3, -0.25) is 14.5 Å². The number of ether oxygens (including phenoxy) is 2. The summed E-state index contributed by atoms with van der Waals surface area (Å²) in [6.07, 6.45) is 0.628. The lowest BCUT2D eigenvalue weighted by Crippen LogP contribution is -2.30. The molecular weight excluding hydrogens is 548 g/mol. The van der Waals surface area contributed by atoms with Crippen LogP contribution >= 0.6 is 15.9 Å². The van der Waals surface area contributed by atoms with E-state index in [4.69, 9.17) is 9.47 Å². The average Bonchev–Trinajstić information content (AvgIpc) is 3.23. The van der Waals surface area contributed by atoms with Crippen molar-refractivity contribution in [3.63, 3.8) is 0 Å². The molecule has 12 nitrogen and oxygen atoms in total. The first kappa shape index (κ1) is 26.6. The lowest BCUT2D eigenvalue weighted by Gasteiger charge is -2.18. The van der Waals surface area contributed by atoms with Crippen LogP contribution in [0, 0.1) is 11.6 Å². The average molecular weight is 568 g/mol. The van der Waals surface area contributed by atoms with Crippen LogP contribution in [0.3, 0.4) is 0 Å². The summed E-state index contributed by atoms with van der Waals surface area (Å²) in [6.45, 7) is -0.555. The van der Waals surface area contributed by atoms with Crippen LogP contribution in [0.25, 0.3) is 0 Å². The van der Waals surface area contributed by atoms with Gasteiger partial charge in [-0.25, -0.2) is 18.6 Å². The zero-order chi connectivity index (χ0) is 26.2. The number of carbonyl (C=O) groups is 3. The fourth-order valence-corrected chi connectivity index (χ4v) is 3.23. The van der Waals surface area contributed by atoms with Crippen LogP contribution in [-0.4, -0.2) is 58.6 Å². The Kier molecular flexibility index (Phi) is 8.97. The number of nitrogens with one attached hydrogen (secondary N) is 2. The van der Waals surface area contributed by atoms with Gasteiger partial charge in [0.2, 0.25) is 6.73 Å². The third-order valence-electron chi connectivity index (χ3n) is 4.48. The first-order valence-electron chi connectivity index (χ1n) is 10.2. The summed E-state index contributed by atoms with van der Waals surface area (Å²) in [4.78, 5) is 42.7. The minimum atomic E-state index is -0.963. The summed E-state index contributed by atoms with van der Waals surface area (Å²) in [6, 6.07) is 5.93. The molecule has 0 aliphatic rings. The van der Waals surface area contributed by atoms with Gasteiger partial charge in [-0.05, 0) is 41.2 Å². The van der Waals surface area contributed by atoms with Crippen LogP contribution in [0.15, 0.2) is 41.1 Å². The fraction of sp³-hybridized carbons (Fsp3) is 0.238. The van der Waals surface area contributed by atoms with Crippen molar-refractivity contribution in [2.45, 2.75) is 13.3 Å². The third-order valence-corrected chi connectivity index (χ3v) is 5.01. The SMILES string of the molecule is CNCC(=O)OCc1cccnc1N(C)C(=O)OCn1nc(Br)c(C(=O)Nc2ccc(F)cc2F)n1. The molecular formula is C21H20BrF2N7O5. The molecule has 36 heavy (non-hydrogen) atoms. The molecule has 3 aromatic rings. The molecule has 0 unspecified atom stereocenters. The number of amides is 2. The van der Waals surface area contributed by atoms with Gasteiger partial charge in [0.1, 0.15) is 24.1 Å². The molecule has 0 saturated heterocycles. The minimum absolute atomic E-state index is 0.00215. The van der Waals surface area contributed by atoms with Crippen molar-refractivity contribution < 1.29 is 32.6 Å². The van der Waals surface area contributed by atoms with E-state index >= 15 is 0 Å². The lowest BCUT2D eigenvalue weighted by molar-refractivity contribution is -0.143. The molecule has 2 heterocycles. The highest BCUT2D eigenvalue weighted by atomic mass is 79.9. The van der Waals surface area contributed by atoms with Crippen LogP contribution in [0.4, 0.5) is 25.1 Å². The zero-order valence-electron chi connectivity index (χ0n) is 19.0. The molecule has 1 aromatic carbocycles. The van der Waals surface area contributed by atoms with Gasteiger partial charge in [0.25, 0.3) is 5.91 Å². The Morgan fingerprint density at radius 3 is 2.67 bits per heavy atom. The maximum absolute atomic E-state index is 13.8. The summed E-state index contributed by atoms with van der Waals surface area (Å²) in [5.74, 6) is -2.86. The molecule has 2 aromatic heterocycles. The summed E-state index contributed by atoms with van der Waals surface area (Å²) in [5.41, 5.74) is -0.00873. The Morgan fingerprint density at radius 1 is 1.17 bits per heavy atom. The molecule has 0 fully saturated rings. The number of hydrogen-bond donors (Lipinski definition) is 2. The van der Waals surface area contributed by atoms with E-state index in [1.807, 2.05) is 0 Å². The van der Waals surface area contributed by atoms with Crippen LogP contribution in [0.2, 0.25) is 0 Å². The van der Waals surface area contributed by atoms with E-state index in [0.717, 1.165) is 21.8 Å². The molecule has 2 N–H and O–H groups in total. The number of aromatic nitrogens is 4. The van der Waals surface area contributed by atoms with E-state index in [0.29, 0.717) is 11.6 Å². The number of rotatable bonds is 9. The predicted molar refractivity (Wildman–Crippen MR) is 125 cm³/mol. The minimum Gasteiger partial charge on any atom is -0.460 e. The van der Waals surface area contributed by atoms with Crippen LogP contribution < -0.4 is 15.5 Å². The highest BCUT2D eigenvalue weighted by Crippen LogP contribution is 2.19. The number of hydrogen-bond acceptors (Lipinski definition) is 9. The van der Waals surface area contributed by atoms with Crippen molar-refractivity contribution in [3.05, 3.63) is 64.0 Å². The Bertz CT molecular complexity index is 1270. The monoisotopic (exact) mass is 567 g/mol. The number of anilines is 2. The molecule has 0 saturated carbocycles. The van der Waals surface area contributed by atoms with E-state index in [2.05, 4.69) is 41.7 Å². The molecule has 0 spiro atoms. The number of carbonyl (C=O) groups excluding carboxylic acids is 3. The first-order chi connectivity index (χ1) is 17.2. The Morgan fingerprint density at radius 2 is 1.94 bits per heavy atom. The molecule has 0 aliphatic heterocycles. The maximum Gasteiger partial charge on any atom is 0.417 e. The second-order valence-electron chi connectivity index (χ2n) is 7.07. The number of esters is 1. The molecule has 0 bridgehead atoms. The van der Waals surface area contributed by atoms with Gasteiger partial charge < -0.3 is 20.1 Å².